The van der Waals surface area contributed by atoms with Crippen LogP contribution in [-0.4, -0.2) is 31.6 Å². The van der Waals surface area contributed by atoms with E-state index in [1.165, 1.54) is 18.0 Å². The van der Waals surface area contributed by atoms with Crippen molar-refractivity contribution in [1.82, 2.24) is 10.0 Å². The van der Waals surface area contributed by atoms with Gasteiger partial charge in [-0.25, -0.2) is 4.39 Å². The molecular formula is C20H25FN2O4S. The van der Waals surface area contributed by atoms with E-state index in [1.807, 2.05) is 18.4 Å². The Morgan fingerprint density at radius 1 is 1.36 bits per heavy atom. The fourth-order valence-electron chi connectivity index (χ4n) is 2.71. The first-order chi connectivity index (χ1) is 13.5. The summed E-state index contributed by atoms with van der Waals surface area (Å²) in [6.45, 7) is 3.16. The van der Waals surface area contributed by atoms with Gasteiger partial charge in [-0.05, 0) is 48.8 Å². The van der Waals surface area contributed by atoms with Crippen molar-refractivity contribution in [3.8, 4) is 5.75 Å². The summed E-state index contributed by atoms with van der Waals surface area (Å²) in [5.74, 6) is -0.352. The number of amides is 2. The first-order valence-corrected chi connectivity index (χ1v) is 10.3. The minimum Gasteiger partial charge on any atom is -0.490 e. The van der Waals surface area contributed by atoms with Crippen LogP contribution in [0.1, 0.15) is 37.8 Å². The maximum Gasteiger partial charge on any atom is 0.232 e. The van der Waals surface area contributed by atoms with Crippen LogP contribution in [0.4, 0.5) is 4.39 Å². The van der Waals surface area contributed by atoms with Gasteiger partial charge in [0.2, 0.25) is 11.8 Å². The quantitative estimate of drug-likeness (QED) is 0.333. The van der Waals surface area contributed by atoms with E-state index in [1.54, 1.807) is 12.1 Å². The SMILES string of the molecule is CC(NS/C=C/COCC1CC(=O)NC1=O)c1ccc(F)c(OCC2CC2)c1. The first-order valence-electron chi connectivity index (χ1n) is 9.42. The van der Waals surface area contributed by atoms with Gasteiger partial charge in [-0.1, -0.05) is 24.1 Å². The fraction of sp³-hybridized carbons (Fsp3) is 0.500. The summed E-state index contributed by atoms with van der Waals surface area (Å²) in [6.07, 6.45) is 4.35. The molecule has 2 N–H and O–H groups in total. The molecule has 6 nitrogen and oxygen atoms in total. The standard InChI is InChI=1S/C20H25FN2O4S/c1-13(15-5-6-17(21)18(9-15)27-11-14-3-4-14)23-28-8-2-7-26-12-16-10-19(24)22-20(16)25/h2,5-6,8-9,13-14,16,23H,3-4,7,10-12H2,1H3,(H,22,24,25)/b8-2+. The molecule has 0 bridgehead atoms. The van der Waals surface area contributed by atoms with Crippen molar-refractivity contribution < 1.29 is 23.5 Å². The predicted molar refractivity (Wildman–Crippen MR) is 105 cm³/mol. The molecule has 8 heteroatoms. The van der Waals surface area contributed by atoms with Gasteiger partial charge >= 0.3 is 0 Å². The van der Waals surface area contributed by atoms with Gasteiger partial charge in [0.05, 0.1) is 25.7 Å². The minimum atomic E-state index is -0.387. The van der Waals surface area contributed by atoms with Crippen LogP contribution in [0.2, 0.25) is 0 Å². The Kier molecular flexibility index (Phi) is 7.47. The Morgan fingerprint density at radius 3 is 2.89 bits per heavy atom. The summed E-state index contributed by atoms with van der Waals surface area (Å²) >= 11 is 1.40. The highest BCUT2D eigenvalue weighted by Gasteiger charge is 2.30. The zero-order chi connectivity index (χ0) is 19.9. The third-order valence-corrected chi connectivity index (χ3v) is 5.45. The van der Waals surface area contributed by atoms with E-state index in [9.17, 15) is 14.0 Å². The summed E-state index contributed by atoms with van der Waals surface area (Å²) < 4.78 is 28.1. The second-order valence-electron chi connectivity index (χ2n) is 7.12. The molecule has 2 fully saturated rings. The molecule has 2 unspecified atom stereocenters. The molecule has 1 aromatic carbocycles. The number of hydrogen-bond donors (Lipinski definition) is 2. The Bertz CT molecular complexity index is 739. The van der Waals surface area contributed by atoms with E-state index in [0.717, 1.165) is 18.4 Å². The average Bonchev–Trinajstić information content (AvgIpc) is 3.44. The molecule has 28 heavy (non-hydrogen) atoms. The maximum atomic E-state index is 13.9. The maximum absolute atomic E-state index is 13.9. The van der Waals surface area contributed by atoms with E-state index in [-0.39, 0.29) is 42.6 Å². The van der Waals surface area contributed by atoms with Crippen LogP contribution in [0.25, 0.3) is 0 Å². The van der Waals surface area contributed by atoms with Crippen molar-refractivity contribution >= 4 is 23.8 Å². The Hall–Kier alpha value is -1.90. The molecular weight excluding hydrogens is 383 g/mol. The van der Waals surface area contributed by atoms with Crippen molar-refractivity contribution in [2.75, 3.05) is 19.8 Å². The van der Waals surface area contributed by atoms with Crippen LogP contribution in [-0.2, 0) is 14.3 Å². The number of rotatable bonds is 11. The lowest BCUT2D eigenvalue weighted by molar-refractivity contribution is -0.126. The molecule has 1 heterocycles. The van der Waals surface area contributed by atoms with Gasteiger partial charge in [0, 0.05) is 12.5 Å². The third-order valence-electron chi connectivity index (χ3n) is 4.63. The lowest BCUT2D eigenvalue weighted by atomic mass is 10.1. The van der Waals surface area contributed by atoms with E-state index in [2.05, 4.69) is 10.0 Å². The van der Waals surface area contributed by atoms with Crippen molar-refractivity contribution in [2.24, 2.45) is 11.8 Å². The lowest BCUT2D eigenvalue weighted by Gasteiger charge is -2.14. The number of imide groups is 1. The van der Waals surface area contributed by atoms with Crippen LogP contribution in [0.15, 0.2) is 29.7 Å². The van der Waals surface area contributed by atoms with E-state index in [0.29, 0.717) is 24.9 Å². The number of hydrogen-bond acceptors (Lipinski definition) is 6. The zero-order valence-electron chi connectivity index (χ0n) is 15.8. The highest BCUT2D eigenvalue weighted by atomic mass is 32.2. The number of carbonyl (C=O) groups is 2. The molecule has 1 aliphatic carbocycles. The summed E-state index contributed by atoms with van der Waals surface area (Å²) in [5.41, 5.74) is 0.946. The zero-order valence-corrected chi connectivity index (χ0v) is 16.6. The first kappa shape index (κ1) is 20.8. The van der Waals surface area contributed by atoms with Gasteiger partial charge in [0.25, 0.3) is 0 Å². The topological polar surface area (TPSA) is 76.7 Å². The normalized spacial score (nSPS) is 20.6. The van der Waals surface area contributed by atoms with E-state index >= 15 is 0 Å². The molecule has 3 rings (SSSR count). The van der Waals surface area contributed by atoms with Gasteiger partial charge in [-0.3, -0.25) is 19.6 Å². The Morgan fingerprint density at radius 2 is 2.18 bits per heavy atom. The van der Waals surface area contributed by atoms with Crippen LogP contribution in [0.3, 0.4) is 0 Å². The lowest BCUT2D eigenvalue weighted by Crippen LogP contribution is -2.24. The van der Waals surface area contributed by atoms with Crippen molar-refractivity contribution in [3.63, 3.8) is 0 Å². The van der Waals surface area contributed by atoms with Crippen molar-refractivity contribution in [3.05, 3.63) is 41.1 Å². The molecule has 1 aliphatic heterocycles. The molecule has 0 spiro atoms. The van der Waals surface area contributed by atoms with Crippen LogP contribution in [0, 0.1) is 17.7 Å². The molecule has 1 saturated carbocycles. The number of nitrogens with one attached hydrogen (secondary N) is 2. The van der Waals surface area contributed by atoms with Gasteiger partial charge < -0.3 is 9.47 Å². The summed E-state index contributed by atoms with van der Waals surface area (Å²) in [7, 11) is 0. The molecule has 1 saturated heterocycles. The van der Waals surface area contributed by atoms with Crippen LogP contribution < -0.4 is 14.8 Å². The molecule has 2 aliphatic rings. The highest BCUT2D eigenvalue weighted by molar-refractivity contribution is 8.00. The third kappa shape index (κ3) is 6.32. The van der Waals surface area contributed by atoms with Crippen molar-refractivity contribution in [1.29, 1.82) is 0 Å². The van der Waals surface area contributed by atoms with E-state index in [4.69, 9.17) is 9.47 Å². The van der Waals surface area contributed by atoms with Crippen LogP contribution in [0.5, 0.6) is 5.75 Å². The molecule has 2 amide bonds. The second kappa shape index (κ2) is 10.0. The van der Waals surface area contributed by atoms with E-state index < -0.39 is 0 Å². The van der Waals surface area contributed by atoms with Gasteiger partial charge in [0.15, 0.2) is 11.6 Å². The van der Waals surface area contributed by atoms with Crippen LogP contribution >= 0.6 is 11.9 Å². The predicted octanol–water partition coefficient (Wildman–Crippen LogP) is 3.11. The highest BCUT2D eigenvalue weighted by Crippen LogP contribution is 2.31. The van der Waals surface area contributed by atoms with Gasteiger partial charge in [-0.15, -0.1) is 0 Å². The summed E-state index contributed by atoms with van der Waals surface area (Å²) in [5, 5.41) is 4.11. The molecule has 0 aromatic heterocycles. The summed E-state index contributed by atoms with van der Waals surface area (Å²) in [4.78, 5) is 22.5. The number of carbonyl (C=O) groups excluding carboxylic acids is 2. The second-order valence-corrected chi connectivity index (χ2v) is 7.87. The summed E-state index contributed by atoms with van der Waals surface area (Å²) in [6, 6.07) is 4.94. The van der Waals surface area contributed by atoms with Gasteiger partial charge in [0.1, 0.15) is 0 Å². The molecule has 0 radical (unpaired) electrons. The van der Waals surface area contributed by atoms with Crippen molar-refractivity contribution in [2.45, 2.75) is 32.2 Å². The van der Waals surface area contributed by atoms with Gasteiger partial charge in [-0.2, -0.15) is 0 Å². The Labute approximate surface area is 168 Å². The average molecular weight is 408 g/mol. The monoisotopic (exact) mass is 408 g/mol. The molecule has 1 aromatic rings. The number of ether oxygens (including phenoxy) is 2. The number of halogens is 1. The minimum absolute atomic E-state index is 0.00707. The molecule has 152 valence electrons. The number of benzene rings is 1. The largest absolute Gasteiger partial charge is 0.490 e. The Balaban J connectivity index is 1.34. The smallest absolute Gasteiger partial charge is 0.232 e. The fourth-order valence-corrected chi connectivity index (χ4v) is 3.30. The molecule has 2 atom stereocenters.